The molecule has 1 atom stereocenters. The van der Waals surface area contributed by atoms with E-state index in [1.165, 1.54) is 22.0 Å². The quantitative estimate of drug-likeness (QED) is 0.320. The van der Waals surface area contributed by atoms with Gasteiger partial charge in [-0.1, -0.05) is 18.2 Å². The van der Waals surface area contributed by atoms with Crippen LogP contribution in [0.15, 0.2) is 29.4 Å². The normalized spacial score (nSPS) is 18.5. The molecule has 1 aromatic heterocycles. The summed E-state index contributed by atoms with van der Waals surface area (Å²) in [5, 5.41) is 4.77. The molecule has 0 saturated carbocycles. The van der Waals surface area contributed by atoms with E-state index in [0.29, 0.717) is 5.91 Å². The minimum absolute atomic E-state index is 0. The second-order valence-electron chi connectivity index (χ2n) is 9.03. The van der Waals surface area contributed by atoms with Gasteiger partial charge in [0.05, 0.1) is 6.04 Å². The summed E-state index contributed by atoms with van der Waals surface area (Å²) in [5.41, 5.74) is 3.83. The topological polar surface area (TPSA) is 67.0 Å². The highest BCUT2D eigenvalue weighted by Gasteiger charge is 2.30. The second kappa shape index (κ2) is 12.1. The molecule has 2 N–H and O–H groups in total. The van der Waals surface area contributed by atoms with Crippen molar-refractivity contribution in [3.8, 4) is 0 Å². The second-order valence-corrected chi connectivity index (χ2v) is 9.03. The number of hydrogen-bond acceptors (Lipinski definition) is 3. The molecule has 33 heavy (non-hydrogen) atoms. The molecule has 0 spiro atoms. The van der Waals surface area contributed by atoms with Crippen LogP contribution in [-0.2, 0) is 11.2 Å². The zero-order valence-electron chi connectivity index (χ0n) is 20.3. The lowest BCUT2D eigenvalue weighted by Gasteiger charge is -2.39. The van der Waals surface area contributed by atoms with Gasteiger partial charge in [-0.05, 0) is 51.2 Å². The van der Waals surface area contributed by atoms with E-state index < -0.39 is 0 Å². The summed E-state index contributed by atoms with van der Waals surface area (Å²) in [4.78, 5) is 27.8. The molecule has 1 unspecified atom stereocenters. The molecule has 0 aliphatic carbocycles. The number of nitrogens with zero attached hydrogens (tertiary/aromatic N) is 4. The Bertz CT molecular complexity index is 944. The summed E-state index contributed by atoms with van der Waals surface area (Å²) in [7, 11) is 0. The number of piperazine rings is 1. The molecule has 1 amide bonds. The number of hydrogen-bond donors (Lipinski definition) is 2. The Morgan fingerprint density at radius 3 is 2.55 bits per heavy atom. The predicted octanol–water partition coefficient (Wildman–Crippen LogP) is 3.23. The third-order valence-electron chi connectivity index (χ3n) is 6.92. The predicted molar refractivity (Wildman–Crippen MR) is 147 cm³/mol. The number of H-pyrrole nitrogens is 1. The van der Waals surface area contributed by atoms with Crippen molar-refractivity contribution in [2.75, 3.05) is 52.4 Å². The number of nitrogens with one attached hydrogen (secondary N) is 2. The maximum atomic E-state index is 12.8. The Morgan fingerprint density at radius 2 is 1.85 bits per heavy atom. The lowest BCUT2D eigenvalue weighted by atomic mass is 10.1. The maximum Gasteiger partial charge on any atom is 0.239 e. The number of benzene rings is 1. The van der Waals surface area contributed by atoms with E-state index >= 15 is 0 Å². The molecule has 0 radical (unpaired) electrons. The Hall–Kier alpha value is -1.81. The molecule has 1 aromatic carbocycles. The van der Waals surface area contributed by atoms with E-state index in [0.717, 1.165) is 77.6 Å². The Labute approximate surface area is 215 Å². The first-order valence-corrected chi connectivity index (χ1v) is 12.2. The third kappa shape index (κ3) is 6.01. The number of aromatic amines is 1. The zero-order valence-corrected chi connectivity index (χ0v) is 22.6. The highest BCUT2D eigenvalue weighted by atomic mass is 127. The number of para-hydroxylation sites is 1. The lowest BCUT2D eigenvalue weighted by Crippen LogP contribution is -2.57. The van der Waals surface area contributed by atoms with E-state index in [4.69, 9.17) is 4.99 Å². The zero-order chi connectivity index (χ0) is 22.5. The summed E-state index contributed by atoms with van der Waals surface area (Å²) in [5.74, 6) is 1.28. The van der Waals surface area contributed by atoms with Gasteiger partial charge in [0.2, 0.25) is 5.91 Å². The van der Waals surface area contributed by atoms with Crippen molar-refractivity contribution in [3.63, 3.8) is 0 Å². The number of rotatable bonds is 6. The summed E-state index contributed by atoms with van der Waals surface area (Å²) in [6.45, 7) is 13.4. The number of halogens is 1. The number of carbonyl (C=O) groups is 1. The number of fused-ring (bicyclic) bond motifs is 1. The average molecular weight is 567 g/mol. The minimum atomic E-state index is -0.0277. The molecule has 2 fully saturated rings. The van der Waals surface area contributed by atoms with Crippen molar-refractivity contribution in [1.82, 2.24) is 25.0 Å². The minimum Gasteiger partial charge on any atom is -0.361 e. The molecule has 2 aliphatic rings. The molecule has 2 aromatic rings. The molecular weight excluding hydrogens is 527 g/mol. The van der Waals surface area contributed by atoms with Crippen molar-refractivity contribution in [2.24, 2.45) is 4.99 Å². The number of guanidine groups is 1. The van der Waals surface area contributed by atoms with Crippen molar-refractivity contribution in [3.05, 3.63) is 35.5 Å². The SMILES string of the molecule is CCNC(=NCCc1c[nH]c2c(C)cccc12)N1CCN(C(C)C(=O)N2CCCC2)CC1.I. The van der Waals surface area contributed by atoms with E-state index in [1.807, 2.05) is 4.90 Å². The number of aromatic nitrogens is 1. The highest BCUT2D eigenvalue weighted by molar-refractivity contribution is 14.0. The first-order chi connectivity index (χ1) is 15.6. The van der Waals surface area contributed by atoms with Crippen LogP contribution in [0, 0.1) is 6.92 Å². The van der Waals surface area contributed by atoms with E-state index in [9.17, 15) is 4.79 Å². The average Bonchev–Trinajstić information content (AvgIpc) is 3.49. The van der Waals surface area contributed by atoms with Gasteiger partial charge in [0.15, 0.2) is 5.96 Å². The van der Waals surface area contributed by atoms with Crippen LogP contribution in [0.25, 0.3) is 10.9 Å². The first-order valence-electron chi connectivity index (χ1n) is 12.2. The first kappa shape index (κ1) is 25.8. The van der Waals surface area contributed by atoms with Crippen molar-refractivity contribution in [1.29, 1.82) is 0 Å². The van der Waals surface area contributed by atoms with Crippen LogP contribution in [0.3, 0.4) is 0 Å². The molecule has 182 valence electrons. The molecule has 7 nitrogen and oxygen atoms in total. The van der Waals surface area contributed by atoms with Gasteiger partial charge in [-0.3, -0.25) is 14.7 Å². The number of aryl methyl sites for hydroxylation is 1. The van der Waals surface area contributed by atoms with Gasteiger partial charge in [0, 0.05) is 69.5 Å². The van der Waals surface area contributed by atoms with Gasteiger partial charge >= 0.3 is 0 Å². The standard InChI is InChI=1S/C25H38N6O.HI/c1-4-26-25(27-11-10-21-18-28-23-19(2)8-7-9-22(21)23)31-16-14-29(15-17-31)20(3)24(32)30-12-5-6-13-30;/h7-9,18,20,28H,4-6,10-17H2,1-3H3,(H,26,27);1H. The van der Waals surface area contributed by atoms with Crippen LogP contribution in [0.4, 0.5) is 0 Å². The van der Waals surface area contributed by atoms with Crippen LogP contribution >= 0.6 is 24.0 Å². The fourth-order valence-electron chi connectivity index (χ4n) is 4.96. The lowest BCUT2D eigenvalue weighted by molar-refractivity contribution is -0.135. The summed E-state index contributed by atoms with van der Waals surface area (Å²) >= 11 is 0. The van der Waals surface area contributed by atoms with Crippen molar-refractivity contribution < 1.29 is 4.79 Å². The highest BCUT2D eigenvalue weighted by Crippen LogP contribution is 2.21. The van der Waals surface area contributed by atoms with Gasteiger partial charge in [0.1, 0.15) is 0 Å². The molecule has 3 heterocycles. The molecule has 0 bridgehead atoms. The maximum absolute atomic E-state index is 12.8. The van der Waals surface area contributed by atoms with Gasteiger partial charge < -0.3 is 20.1 Å². The summed E-state index contributed by atoms with van der Waals surface area (Å²) in [6, 6.07) is 6.42. The number of carbonyl (C=O) groups excluding carboxylic acids is 1. The van der Waals surface area contributed by atoms with Gasteiger partial charge in [-0.2, -0.15) is 0 Å². The van der Waals surface area contributed by atoms with Crippen LogP contribution in [0.2, 0.25) is 0 Å². The molecule has 8 heteroatoms. The number of likely N-dealkylation sites (tertiary alicyclic amines) is 1. The van der Waals surface area contributed by atoms with Gasteiger partial charge in [-0.25, -0.2) is 0 Å². The molecule has 2 saturated heterocycles. The van der Waals surface area contributed by atoms with Gasteiger partial charge in [-0.15, -0.1) is 24.0 Å². The summed E-state index contributed by atoms with van der Waals surface area (Å²) in [6.07, 6.45) is 5.33. The fourth-order valence-corrected chi connectivity index (χ4v) is 4.96. The van der Waals surface area contributed by atoms with E-state index in [2.05, 4.69) is 65.3 Å². The molecule has 2 aliphatic heterocycles. The number of amides is 1. The van der Waals surface area contributed by atoms with E-state index in [1.54, 1.807) is 0 Å². The molecule has 4 rings (SSSR count). The fraction of sp³-hybridized carbons (Fsp3) is 0.600. The van der Waals surface area contributed by atoms with Crippen LogP contribution in [0.1, 0.15) is 37.8 Å². The Morgan fingerprint density at radius 1 is 1.12 bits per heavy atom. The largest absolute Gasteiger partial charge is 0.361 e. The van der Waals surface area contributed by atoms with Crippen LogP contribution in [-0.4, -0.2) is 90.0 Å². The van der Waals surface area contributed by atoms with Crippen molar-refractivity contribution in [2.45, 2.75) is 46.1 Å². The Balaban J connectivity index is 0.00000306. The summed E-state index contributed by atoms with van der Waals surface area (Å²) < 4.78 is 0. The van der Waals surface area contributed by atoms with Crippen molar-refractivity contribution >= 4 is 46.7 Å². The monoisotopic (exact) mass is 566 g/mol. The van der Waals surface area contributed by atoms with Crippen LogP contribution < -0.4 is 5.32 Å². The number of aliphatic imine (C=N–C) groups is 1. The van der Waals surface area contributed by atoms with Gasteiger partial charge in [0.25, 0.3) is 0 Å². The third-order valence-corrected chi connectivity index (χ3v) is 6.92. The smallest absolute Gasteiger partial charge is 0.239 e. The Kier molecular flexibility index (Phi) is 9.43. The molecular formula is C25H39IN6O. The van der Waals surface area contributed by atoms with E-state index in [-0.39, 0.29) is 30.0 Å². The van der Waals surface area contributed by atoms with Crippen LogP contribution in [0.5, 0.6) is 0 Å².